The Morgan fingerprint density at radius 1 is 1.67 bits per heavy atom. The third-order valence-corrected chi connectivity index (χ3v) is 1.14. The van der Waals surface area contributed by atoms with Crippen molar-refractivity contribution in [2.75, 3.05) is 7.05 Å². The maximum absolute atomic E-state index is 3.99. The molecule has 48 valence electrons. The van der Waals surface area contributed by atoms with Gasteiger partial charge in [-0.2, -0.15) is 0 Å². The first-order valence-electron chi connectivity index (χ1n) is 2.74. The predicted molar refractivity (Wildman–Crippen MR) is 34.7 cm³/mol. The van der Waals surface area contributed by atoms with Crippen LogP contribution in [0.1, 0.15) is 0 Å². The van der Waals surface area contributed by atoms with Crippen molar-refractivity contribution in [3.63, 3.8) is 0 Å². The van der Waals surface area contributed by atoms with Crippen LogP contribution in [0.2, 0.25) is 0 Å². The molecule has 0 N–H and O–H groups in total. The Balaban J connectivity index is 3.33. The fourth-order valence-electron chi connectivity index (χ4n) is 0.657. The molecule has 0 fully saturated rings. The number of nitrogens with zero attached hydrogens (tertiary/aromatic N) is 3. The van der Waals surface area contributed by atoms with E-state index in [-0.39, 0.29) is 0 Å². The second-order valence-corrected chi connectivity index (χ2v) is 1.77. The molecule has 0 saturated heterocycles. The third-order valence-electron chi connectivity index (χ3n) is 1.14. The highest BCUT2D eigenvalue weighted by Crippen LogP contribution is 1.67. The SMILES string of the molecule is C/N=c1/ccncn1C. The minimum atomic E-state index is 0.935. The average Bonchev–Trinajstić information content (AvgIpc) is 1.89. The van der Waals surface area contributed by atoms with E-state index in [1.54, 1.807) is 19.6 Å². The molecule has 0 radical (unpaired) electrons. The van der Waals surface area contributed by atoms with E-state index in [2.05, 4.69) is 9.98 Å². The lowest BCUT2D eigenvalue weighted by molar-refractivity contribution is 0.796. The summed E-state index contributed by atoms with van der Waals surface area (Å²) in [4.78, 5) is 7.89. The van der Waals surface area contributed by atoms with Crippen LogP contribution in [0, 0.1) is 0 Å². The predicted octanol–water partition coefficient (Wildman–Crippen LogP) is -0.0494. The standard InChI is InChI=1S/C6H9N3/c1-7-6-3-4-8-5-9(6)2/h3-5H,1-2H3/b7-6-. The maximum atomic E-state index is 3.99. The summed E-state index contributed by atoms with van der Waals surface area (Å²) in [6.07, 6.45) is 3.45. The van der Waals surface area contributed by atoms with Gasteiger partial charge in [-0.1, -0.05) is 0 Å². The summed E-state index contributed by atoms with van der Waals surface area (Å²) in [7, 11) is 3.67. The Bertz CT molecular complexity index is 248. The van der Waals surface area contributed by atoms with Crippen LogP contribution in [-0.2, 0) is 7.05 Å². The fourth-order valence-corrected chi connectivity index (χ4v) is 0.657. The molecule has 0 spiro atoms. The van der Waals surface area contributed by atoms with Gasteiger partial charge in [0, 0.05) is 20.3 Å². The monoisotopic (exact) mass is 123 g/mol. The second-order valence-electron chi connectivity index (χ2n) is 1.77. The Morgan fingerprint density at radius 2 is 2.44 bits per heavy atom. The first-order chi connectivity index (χ1) is 4.34. The summed E-state index contributed by atoms with van der Waals surface area (Å²) >= 11 is 0. The van der Waals surface area contributed by atoms with Crippen LogP contribution in [0.4, 0.5) is 0 Å². The zero-order valence-electron chi connectivity index (χ0n) is 5.57. The molecule has 0 saturated carbocycles. The van der Waals surface area contributed by atoms with E-state index in [1.807, 2.05) is 17.7 Å². The first-order valence-corrected chi connectivity index (χ1v) is 2.74. The molecule has 1 rings (SSSR count). The third kappa shape index (κ3) is 1.16. The molecule has 0 aliphatic carbocycles. The largest absolute Gasteiger partial charge is 0.321 e. The Labute approximate surface area is 53.7 Å². The number of hydrogen-bond acceptors (Lipinski definition) is 2. The number of hydrogen-bond donors (Lipinski definition) is 0. The van der Waals surface area contributed by atoms with Crippen molar-refractivity contribution in [2.45, 2.75) is 0 Å². The summed E-state index contributed by atoms with van der Waals surface area (Å²) in [6.45, 7) is 0. The Morgan fingerprint density at radius 3 is 2.89 bits per heavy atom. The molecule has 0 aliphatic heterocycles. The van der Waals surface area contributed by atoms with Crippen molar-refractivity contribution in [2.24, 2.45) is 12.0 Å². The summed E-state index contributed by atoms with van der Waals surface area (Å²) in [5.74, 6) is 0. The van der Waals surface area contributed by atoms with Crippen LogP contribution in [0.5, 0.6) is 0 Å². The van der Waals surface area contributed by atoms with Gasteiger partial charge in [-0.3, -0.25) is 4.99 Å². The molecule has 1 aromatic rings. The van der Waals surface area contributed by atoms with Gasteiger partial charge in [0.1, 0.15) is 5.49 Å². The number of aromatic nitrogens is 2. The van der Waals surface area contributed by atoms with Gasteiger partial charge in [0.05, 0.1) is 6.33 Å². The number of aryl methyl sites for hydroxylation is 1. The number of rotatable bonds is 0. The molecule has 1 aromatic heterocycles. The lowest BCUT2D eigenvalue weighted by Gasteiger charge is -1.93. The van der Waals surface area contributed by atoms with Crippen molar-refractivity contribution < 1.29 is 0 Å². The molecule has 3 heteroatoms. The molecule has 0 aromatic carbocycles. The van der Waals surface area contributed by atoms with E-state index < -0.39 is 0 Å². The van der Waals surface area contributed by atoms with Crippen molar-refractivity contribution >= 4 is 0 Å². The van der Waals surface area contributed by atoms with Crippen LogP contribution >= 0.6 is 0 Å². The quantitative estimate of drug-likeness (QED) is 0.475. The molecule has 9 heavy (non-hydrogen) atoms. The van der Waals surface area contributed by atoms with Crippen molar-refractivity contribution in [3.8, 4) is 0 Å². The van der Waals surface area contributed by atoms with Crippen LogP contribution < -0.4 is 5.49 Å². The van der Waals surface area contributed by atoms with E-state index in [1.165, 1.54) is 0 Å². The van der Waals surface area contributed by atoms with Crippen LogP contribution in [0.25, 0.3) is 0 Å². The maximum Gasteiger partial charge on any atom is 0.129 e. The Kier molecular flexibility index (Phi) is 1.63. The Hall–Kier alpha value is -1.12. The molecule has 0 atom stereocenters. The molecule has 3 nitrogen and oxygen atoms in total. The summed E-state index contributed by atoms with van der Waals surface area (Å²) in [6, 6.07) is 1.86. The van der Waals surface area contributed by atoms with Gasteiger partial charge in [0.2, 0.25) is 0 Å². The molecule has 1 heterocycles. The highest BCUT2D eigenvalue weighted by molar-refractivity contribution is 4.79. The van der Waals surface area contributed by atoms with Crippen LogP contribution in [0.15, 0.2) is 23.6 Å². The molecule has 0 amide bonds. The summed E-state index contributed by atoms with van der Waals surface area (Å²) in [5.41, 5.74) is 0.935. The lowest BCUT2D eigenvalue weighted by atomic mass is 10.6. The summed E-state index contributed by atoms with van der Waals surface area (Å²) in [5, 5.41) is 0. The minimum absolute atomic E-state index is 0.935. The highest BCUT2D eigenvalue weighted by Gasteiger charge is 1.79. The van der Waals surface area contributed by atoms with Crippen LogP contribution in [-0.4, -0.2) is 16.6 Å². The topological polar surface area (TPSA) is 30.2 Å². The smallest absolute Gasteiger partial charge is 0.129 e. The molecule has 0 unspecified atom stereocenters. The van der Waals surface area contributed by atoms with E-state index in [9.17, 15) is 0 Å². The van der Waals surface area contributed by atoms with Gasteiger partial charge < -0.3 is 4.57 Å². The average molecular weight is 123 g/mol. The highest BCUT2D eigenvalue weighted by atomic mass is 15.0. The van der Waals surface area contributed by atoms with Gasteiger partial charge in [0.15, 0.2) is 0 Å². The van der Waals surface area contributed by atoms with Gasteiger partial charge in [-0.15, -0.1) is 0 Å². The normalized spacial score (nSPS) is 12.0. The summed E-state index contributed by atoms with van der Waals surface area (Å²) < 4.78 is 1.86. The van der Waals surface area contributed by atoms with Gasteiger partial charge >= 0.3 is 0 Å². The zero-order chi connectivity index (χ0) is 6.69. The van der Waals surface area contributed by atoms with Gasteiger partial charge in [-0.25, -0.2) is 4.98 Å². The lowest BCUT2D eigenvalue weighted by Crippen LogP contribution is -2.16. The van der Waals surface area contributed by atoms with Crippen molar-refractivity contribution in [1.82, 2.24) is 9.55 Å². The van der Waals surface area contributed by atoms with Crippen molar-refractivity contribution in [3.05, 3.63) is 24.1 Å². The van der Waals surface area contributed by atoms with Gasteiger partial charge in [-0.05, 0) is 6.07 Å². The van der Waals surface area contributed by atoms with E-state index >= 15 is 0 Å². The first kappa shape index (κ1) is 6.01. The van der Waals surface area contributed by atoms with Crippen molar-refractivity contribution in [1.29, 1.82) is 0 Å². The molecule has 0 bridgehead atoms. The van der Waals surface area contributed by atoms with E-state index in [0.29, 0.717) is 0 Å². The minimum Gasteiger partial charge on any atom is -0.321 e. The van der Waals surface area contributed by atoms with Crippen LogP contribution in [0.3, 0.4) is 0 Å². The van der Waals surface area contributed by atoms with E-state index in [0.717, 1.165) is 5.49 Å². The zero-order valence-corrected chi connectivity index (χ0v) is 5.57. The van der Waals surface area contributed by atoms with E-state index in [4.69, 9.17) is 0 Å². The molecule has 0 aliphatic rings. The molecular weight excluding hydrogens is 114 g/mol. The molecular formula is C6H9N3. The fraction of sp³-hybridized carbons (Fsp3) is 0.333. The van der Waals surface area contributed by atoms with Gasteiger partial charge in [0.25, 0.3) is 0 Å². The second kappa shape index (κ2) is 2.44.